The number of carbonyl (C=O) groups excluding carboxylic acids is 2. The summed E-state index contributed by atoms with van der Waals surface area (Å²) in [6.45, 7) is 6.79. The van der Waals surface area contributed by atoms with Crippen molar-refractivity contribution in [3.05, 3.63) is 60.2 Å². The largest absolute Gasteiger partial charge is 1.00 e. The number of hydrogen-bond donors (Lipinski definition) is 0. The van der Waals surface area contributed by atoms with E-state index < -0.39 is 0 Å². The molecule has 0 aliphatic rings. The molecule has 8 heteroatoms. The van der Waals surface area contributed by atoms with Gasteiger partial charge in [-0.1, -0.05) is 181 Å². The Bertz CT molecular complexity index is 1120. The van der Waals surface area contributed by atoms with Gasteiger partial charge >= 0.3 is 11.9 Å². The molecule has 0 amide bonds. The first kappa shape index (κ1) is 56.8. The smallest absolute Gasteiger partial charge is 0.306 e. The summed E-state index contributed by atoms with van der Waals surface area (Å²) in [6.07, 6.45) is 49.6. The quantitative estimate of drug-likeness (QED) is 0.0402. The first-order valence-corrected chi connectivity index (χ1v) is 24.4. The van der Waals surface area contributed by atoms with Crippen LogP contribution in [-0.2, 0) is 45.0 Å². The summed E-state index contributed by atoms with van der Waals surface area (Å²) >= 11 is 0. The third-order valence-electron chi connectivity index (χ3n) is 11.5. The number of unbranched alkanes of at least 4 members (excludes halogenated alkanes) is 26. The molecule has 0 spiro atoms. The molecular formula is C51H88Cl2N2O4. The minimum absolute atomic E-state index is 0. The Morgan fingerprint density at radius 2 is 0.644 bits per heavy atom. The minimum atomic E-state index is -0.0633. The molecule has 0 atom stereocenters. The van der Waals surface area contributed by atoms with Gasteiger partial charge in [0.25, 0.3) is 0 Å². The van der Waals surface area contributed by atoms with Crippen LogP contribution in [0.3, 0.4) is 0 Å². The fourth-order valence-corrected chi connectivity index (χ4v) is 7.71. The van der Waals surface area contributed by atoms with Gasteiger partial charge in [0, 0.05) is 37.1 Å². The minimum Gasteiger partial charge on any atom is -1.00 e. The maximum Gasteiger partial charge on any atom is 0.306 e. The second-order valence-corrected chi connectivity index (χ2v) is 16.9. The highest BCUT2D eigenvalue weighted by molar-refractivity contribution is 5.69. The van der Waals surface area contributed by atoms with Crippen LogP contribution in [0.4, 0.5) is 0 Å². The molecule has 0 unspecified atom stereocenters. The van der Waals surface area contributed by atoms with Gasteiger partial charge in [0.2, 0.25) is 0 Å². The lowest BCUT2D eigenvalue weighted by Crippen LogP contribution is -3.00. The van der Waals surface area contributed by atoms with Crippen LogP contribution >= 0.6 is 0 Å². The van der Waals surface area contributed by atoms with Gasteiger partial charge < -0.3 is 34.3 Å². The van der Waals surface area contributed by atoms with Crippen molar-refractivity contribution in [2.24, 2.45) is 0 Å². The molecule has 0 bridgehead atoms. The van der Waals surface area contributed by atoms with Gasteiger partial charge in [0.05, 0.1) is 0 Å². The molecule has 2 aromatic heterocycles. The number of nitrogens with zero attached hydrogens (tertiary/aromatic N) is 2. The maximum atomic E-state index is 12.2. The van der Waals surface area contributed by atoms with Crippen molar-refractivity contribution in [3.63, 3.8) is 0 Å². The molecule has 6 nitrogen and oxygen atoms in total. The molecule has 0 radical (unpaired) electrons. The molecule has 2 rings (SSSR count). The lowest BCUT2D eigenvalue weighted by molar-refractivity contribution is -0.698. The molecule has 340 valence electrons. The lowest BCUT2D eigenvalue weighted by atomic mass is 10.0. The summed E-state index contributed by atoms with van der Waals surface area (Å²) in [6, 6.07) is 8.71. The molecule has 0 aliphatic heterocycles. The highest BCUT2D eigenvalue weighted by Gasteiger charge is 2.09. The topological polar surface area (TPSA) is 60.4 Å². The summed E-state index contributed by atoms with van der Waals surface area (Å²) in [5.74, 6) is -0.127. The lowest BCUT2D eigenvalue weighted by Gasteiger charge is -2.05. The second kappa shape index (κ2) is 42.5. The standard InChI is InChI=1S/C51H88N2O4.2ClH/c1-3-5-7-9-11-13-15-17-19-21-23-25-27-29-34-50(54)56-46-44-52-40-36-48(37-41-52)32-31-33-49-38-42-53(43-39-49)45-47-57-51(55)35-30-28-26-24-22-20-18-16-14-12-10-8-6-4-2;;/h36-43H,3-35,44-47H2,1-2H3;2*1H/q+2;;/p-2. The van der Waals surface area contributed by atoms with Crippen molar-refractivity contribution in [3.8, 4) is 0 Å². The van der Waals surface area contributed by atoms with Gasteiger partial charge in [-0.2, -0.15) is 0 Å². The van der Waals surface area contributed by atoms with E-state index in [4.69, 9.17) is 9.47 Å². The summed E-state index contributed by atoms with van der Waals surface area (Å²) in [4.78, 5) is 24.4. The predicted octanol–water partition coefficient (Wildman–Crippen LogP) is 7.27. The molecule has 2 heterocycles. The van der Waals surface area contributed by atoms with Gasteiger partial charge in [-0.3, -0.25) is 9.59 Å². The Labute approximate surface area is 375 Å². The maximum absolute atomic E-state index is 12.2. The van der Waals surface area contributed by atoms with Gasteiger partial charge in [-0.25, -0.2) is 9.13 Å². The van der Waals surface area contributed by atoms with E-state index in [1.807, 2.05) is 0 Å². The SMILES string of the molecule is CCCCCCCCCCCCCCCCC(=O)OCC[n+]1ccc(CCCc2cc[n+](CCOC(=O)CCCCCCCCCCCCCCCC)cc2)cc1.[Cl-].[Cl-]. The number of rotatable bonds is 40. The van der Waals surface area contributed by atoms with Crippen LogP contribution in [0.5, 0.6) is 0 Å². The van der Waals surface area contributed by atoms with Gasteiger partial charge in [-0.15, -0.1) is 0 Å². The summed E-state index contributed by atoms with van der Waals surface area (Å²) in [5.41, 5.74) is 2.64. The molecule has 2 aromatic rings. The highest BCUT2D eigenvalue weighted by Crippen LogP contribution is 2.15. The Balaban J connectivity index is 0.0000168. The number of pyridine rings is 2. The fraction of sp³-hybridized carbons (Fsp3) is 0.765. The Morgan fingerprint density at radius 1 is 0.390 bits per heavy atom. The van der Waals surface area contributed by atoms with E-state index in [1.54, 1.807) is 0 Å². The van der Waals surface area contributed by atoms with E-state index in [0.717, 1.165) is 44.9 Å². The third-order valence-corrected chi connectivity index (χ3v) is 11.5. The van der Waals surface area contributed by atoms with Crippen LogP contribution < -0.4 is 33.9 Å². The van der Waals surface area contributed by atoms with Crippen LogP contribution in [0.15, 0.2) is 49.1 Å². The molecule has 59 heavy (non-hydrogen) atoms. The fourth-order valence-electron chi connectivity index (χ4n) is 7.71. The summed E-state index contributed by atoms with van der Waals surface area (Å²) in [5, 5.41) is 0. The van der Waals surface area contributed by atoms with Gasteiger partial charge in [0.15, 0.2) is 51.1 Å². The van der Waals surface area contributed by atoms with E-state index in [-0.39, 0.29) is 36.8 Å². The van der Waals surface area contributed by atoms with Crippen LogP contribution in [0, 0.1) is 0 Å². The average Bonchev–Trinajstić information content (AvgIpc) is 3.22. The van der Waals surface area contributed by atoms with Gasteiger partial charge in [-0.05, 0) is 43.2 Å². The van der Waals surface area contributed by atoms with Crippen molar-refractivity contribution in [1.82, 2.24) is 0 Å². The second-order valence-electron chi connectivity index (χ2n) is 16.9. The first-order valence-electron chi connectivity index (χ1n) is 24.4. The van der Waals surface area contributed by atoms with Crippen LogP contribution in [-0.4, -0.2) is 25.2 Å². The number of ether oxygens (including phenoxy) is 2. The molecule has 0 N–H and O–H groups in total. The Kier molecular flexibility index (Phi) is 40.9. The molecule has 0 aromatic carbocycles. The molecular weight excluding hydrogens is 775 g/mol. The van der Waals surface area contributed by atoms with Crippen molar-refractivity contribution in [1.29, 1.82) is 0 Å². The van der Waals surface area contributed by atoms with E-state index in [9.17, 15) is 9.59 Å². The highest BCUT2D eigenvalue weighted by atomic mass is 35.5. The van der Waals surface area contributed by atoms with Gasteiger partial charge in [0.1, 0.15) is 0 Å². The summed E-state index contributed by atoms with van der Waals surface area (Å²) < 4.78 is 15.2. The van der Waals surface area contributed by atoms with Crippen LogP contribution in [0.1, 0.15) is 224 Å². The normalized spacial score (nSPS) is 10.9. The van der Waals surface area contributed by atoms with E-state index in [2.05, 4.69) is 72.0 Å². The van der Waals surface area contributed by atoms with Crippen molar-refractivity contribution in [2.45, 2.75) is 239 Å². The van der Waals surface area contributed by atoms with E-state index >= 15 is 0 Å². The zero-order valence-corrected chi connectivity index (χ0v) is 39.6. The zero-order chi connectivity index (χ0) is 40.7. The number of halogens is 2. The average molecular weight is 864 g/mol. The van der Waals surface area contributed by atoms with Crippen molar-refractivity contribution >= 4 is 11.9 Å². The Hall–Kier alpha value is -2.18. The third kappa shape index (κ3) is 35.2. The van der Waals surface area contributed by atoms with E-state index in [1.165, 1.54) is 165 Å². The first-order chi connectivity index (χ1) is 28.1. The number of aromatic nitrogens is 2. The molecule has 0 fully saturated rings. The monoisotopic (exact) mass is 863 g/mol. The van der Waals surface area contributed by atoms with Crippen molar-refractivity contribution in [2.75, 3.05) is 13.2 Å². The Morgan fingerprint density at radius 3 is 0.915 bits per heavy atom. The predicted molar refractivity (Wildman–Crippen MR) is 237 cm³/mol. The summed E-state index contributed by atoms with van der Waals surface area (Å²) in [7, 11) is 0. The van der Waals surface area contributed by atoms with Crippen LogP contribution in [0.25, 0.3) is 0 Å². The molecule has 0 saturated carbocycles. The number of aryl methyl sites for hydroxylation is 2. The van der Waals surface area contributed by atoms with Crippen molar-refractivity contribution < 1.29 is 53.0 Å². The number of esters is 2. The zero-order valence-electron chi connectivity index (χ0n) is 38.1. The molecule has 0 saturated heterocycles. The van der Waals surface area contributed by atoms with E-state index in [0.29, 0.717) is 39.1 Å². The van der Waals surface area contributed by atoms with Crippen LogP contribution in [0.2, 0.25) is 0 Å². The molecule has 0 aliphatic carbocycles. The number of carbonyl (C=O) groups is 2. The number of hydrogen-bond acceptors (Lipinski definition) is 4.